The van der Waals surface area contributed by atoms with E-state index >= 15 is 0 Å². The Morgan fingerprint density at radius 1 is 1.08 bits per heavy atom. The summed E-state index contributed by atoms with van der Waals surface area (Å²) >= 11 is 0. The Bertz CT molecular complexity index is 656. The second-order valence-electron chi connectivity index (χ2n) is 5.82. The van der Waals surface area contributed by atoms with Crippen LogP contribution in [0.25, 0.3) is 0 Å². The fraction of sp³-hybridized carbons (Fsp3) is 0.412. The van der Waals surface area contributed by atoms with Crippen molar-refractivity contribution in [2.45, 2.75) is 19.0 Å². The number of alkyl halides is 3. The molecule has 0 N–H and O–H groups in total. The Balaban J connectivity index is 1.53. The Hall–Kier alpha value is -2.31. The summed E-state index contributed by atoms with van der Waals surface area (Å²) < 4.78 is 44.1. The summed E-state index contributed by atoms with van der Waals surface area (Å²) in [6, 6.07) is 5.73. The van der Waals surface area contributed by atoms with E-state index in [1.54, 1.807) is 12.4 Å². The summed E-state index contributed by atoms with van der Waals surface area (Å²) in [6.45, 7) is 1.96. The molecule has 0 radical (unpaired) electrons. The zero-order valence-corrected chi connectivity index (χ0v) is 13.0. The van der Waals surface area contributed by atoms with Gasteiger partial charge < -0.3 is 9.64 Å². The molecule has 128 valence electrons. The van der Waals surface area contributed by atoms with Crippen molar-refractivity contribution in [3.63, 3.8) is 0 Å². The van der Waals surface area contributed by atoms with E-state index in [4.69, 9.17) is 4.74 Å². The lowest BCUT2D eigenvalue weighted by Crippen LogP contribution is -2.36. The Kier molecular flexibility index (Phi) is 4.87. The topological polar surface area (TPSA) is 38.2 Å². The Morgan fingerprint density at radius 2 is 1.79 bits per heavy atom. The average Bonchev–Trinajstić information content (AvgIpc) is 2.61. The number of piperidine rings is 1. The summed E-state index contributed by atoms with van der Waals surface area (Å²) in [6.07, 6.45) is 1.96. The lowest BCUT2D eigenvalue weighted by atomic mass is 9.97. The van der Waals surface area contributed by atoms with Crippen LogP contribution in [0.2, 0.25) is 0 Å². The van der Waals surface area contributed by atoms with Gasteiger partial charge in [0.05, 0.1) is 12.2 Å². The summed E-state index contributed by atoms with van der Waals surface area (Å²) in [5.41, 5.74) is -0.657. The molecule has 2 aromatic heterocycles. The predicted molar refractivity (Wildman–Crippen MR) is 83.9 cm³/mol. The van der Waals surface area contributed by atoms with Gasteiger partial charge in [0.25, 0.3) is 0 Å². The molecule has 1 saturated heterocycles. The zero-order valence-electron chi connectivity index (χ0n) is 13.0. The highest BCUT2D eigenvalue weighted by molar-refractivity contribution is 5.42. The molecule has 3 heterocycles. The molecule has 0 bridgehead atoms. The van der Waals surface area contributed by atoms with E-state index in [0.29, 0.717) is 31.4 Å². The van der Waals surface area contributed by atoms with E-state index in [2.05, 4.69) is 9.97 Å². The third-order valence-corrected chi connectivity index (χ3v) is 4.15. The second-order valence-corrected chi connectivity index (χ2v) is 5.82. The van der Waals surface area contributed by atoms with Crippen LogP contribution in [0.1, 0.15) is 18.4 Å². The van der Waals surface area contributed by atoms with Crippen molar-refractivity contribution in [1.82, 2.24) is 9.97 Å². The number of halogens is 3. The van der Waals surface area contributed by atoms with E-state index in [-0.39, 0.29) is 0 Å². The molecule has 0 atom stereocenters. The monoisotopic (exact) mass is 337 g/mol. The molecule has 0 aliphatic carbocycles. The van der Waals surface area contributed by atoms with Gasteiger partial charge in [-0.2, -0.15) is 13.2 Å². The largest absolute Gasteiger partial charge is 0.493 e. The minimum atomic E-state index is -4.34. The van der Waals surface area contributed by atoms with Crippen molar-refractivity contribution in [1.29, 1.82) is 0 Å². The first-order valence-corrected chi connectivity index (χ1v) is 7.83. The number of aromatic nitrogens is 2. The van der Waals surface area contributed by atoms with Gasteiger partial charge >= 0.3 is 6.18 Å². The molecule has 0 unspecified atom stereocenters. The molecule has 0 aromatic carbocycles. The van der Waals surface area contributed by atoms with Gasteiger partial charge in [0.15, 0.2) is 0 Å². The van der Waals surface area contributed by atoms with Crippen molar-refractivity contribution in [2.24, 2.45) is 5.92 Å². The molecule has 1 aliphatic rings. The van der Waals surface area contributed by atoms with E-state index < -0.39 is 11.7 Å². The van der Waals surface area contributed by atoms with Crippen LogP contribution < -0.4 is 9.64 Å². The number of hydrogen-bond acceptors (Lipinski definition) is 4. The van der Waals surface area contributed by atoms with Gasteiger partial charge in [-0.25, -0.2) is 4.98 Å². The molecule has 0 spiro atoms. The highest BCUT2D eigenvalue weighted by Gasteiger charge is 2.31. The maximum Gasteiger partial charge on any atom is 0.416 e. The Labute approximate surface area is 138 Å². The highest BCUT2D eigenvalue weighted by Crippen LogP contribution is 2.31. The van der Waals surface area contributed by atoms with Crippen LogP contribution in [-0.4, -0.2) is 29.7 Å². The third-order valence-electron chi connectivity index (χ3n) is 4.15. The summed E-state index contributed by atoms with van der Waals surface area (Å²) in [5, 5.41) is 0. The van der Waals surface area contributed by atoms with Gasteiger partial charge in [-0.15, -0.1) is 0 Å². The minimum absolute atomic E-state index is 0.387. The third kappa shape index (κ3) is 4.15. The van der Waals surface area contributed by atoms with Gasteiger partial charge in [-0.1, -0.05) is 0 Å². The molecule has 1 fully saturated rings. The SMILES string of the molecule is FC(F)(F)c1ccnc(N2CCC(COc3ccncc3)CC2)c1. The number of nitrogens with zero attached hydrogens (tertiary/aromatic N) is 3. The maximum absolute atomic E-state index is 12.8. The lowest BCUT2D eigenvalue weighted by Gasteiger charge is -2.32. The second kappa shape index (κ2) is 7.07. The zero-order chi connectivity index (χ0) is 17.0. The van der Waals surface area contributed by atoms with E-state index in [0.717, 1.165) is 30.7 Å². The summed E-state index contributed by atoms with van der Waals surface area (Å²) in [4.78, 5) is 9.92. The van der Waals surface area contributed by atoms with E-state index in [9.17, 15) is 13.2 Å². The Morgan fingerprint density at radius 3 is 2.46 bits per heavy atom. The van der Waals surface area contributed by atoms with Crippen molar-refractivity contribution in [3.05, 3.63) is 48.4 Å². The van der Waals surface area contributed by atoms with Crippen LogP contribution in [0.15, 0.2) is 42.9 Å². The number of pyridine rings is 2. The van der Waals surface area contributed by atoms with Crippen LogP contribution >= 0.6 is 0 Å². The van der Waals surface area contributed by atoms with Crippen LogP contribution in [-0.2, 0) is 6.18 Å². The predicted octanol–water partition coefficient (Wildman–Crippen LogP) is 3.79. The summed E-state index contributed by atoms with van der Waals surface area (Å²) in [5.74, 6) is 1.56. The van der Waals surface area contributed by atoms with Crippen molar-refractivity contribution in [2.75, 3.05) is 24.6 Å². The fourth-order valence-corrected chi connectivity index (χ4v) is 2.74. The number of ether oxygens (including phenoxy) is 1. The lowest BCUT2D eigenvalue weighted by molar-refractivity contribution is -0.137. The molecule has 7 heteroatoms. The minimum Gasteiger partial charge on any atom is -0.493 e. The van der Waals surface area contributed by atoms with Crippen molar-refractivity contribution < 1.29 is 17.9 Å². The molecule has 0 amide bonds. The smallest absolute Gasteiger partial charge is 0.416 e. The first-order valence-electron chi connectivity index (χ1n) is 7.83. The number of rotatable bonds is 4. The van der Waals surface area contributed by atoms with E-state index in [1.807, 2.05) is 17.0 Å². The van der Waals surface area contributed by atoms with Gasteiger partial charge in [0.1, 0.15) is 11.6 Å². The quantitative estimate of drug-likeness (QED) is 0.851. The fourth-order valence-electron chi connectivity index (χ4n) is 2.74. The van der Waals surface area contributed by atoms with Crippen LogP contribution in [0.5, 0.6) is 5.75 Å². The van der Waals surface area contributed by atoms with Crippen LogP contribution in [0.3, 0.4) is 0 Å². The van der Waals surface area contributed by atoms with E-state index in [1.165, 1.54) is 6.20 Å². The van der Waals surface area contributed by atoms with Gasteiger partial charge in [-0.3, -0.25) is 4.98 Å². The summed E-state index contributed by atoms with van der Waals surface area (Å²) in [7, 11) is 0. The van der Waals surface area contributed by atoms with Gasteiger partial charge in [-0.05, 0) is 43.0 Å². The molecule has 24 heavy (non-hydrogen) atoms. The number of anilines is 1. The molecule has 4 nitrogen and oxygen atoms in total. The first kappa shape index (κ1) is 16.5. The normalized spacial score (nSPS) is 16.2. The average molecular weight is 337 g/mol. The molecular weight excluding hydrogens is 319 g/mol. The standard InChI is InChI=1S/C17H18F3N3O/c18-17(19,20)14-1-8-22-16(11-14)23-9-4-13(5-10-23)12-24-15-2-6-21-7-3-15/h1-3,6-8,11,13H,4-5,9-10,12H2. The number of hydrogen-bond donors (Lipinski definition) is 0. The molecular formula is C17H18F3N3O. The van der Waals surface area contributed by atoms with Crippen LogP contribution in [0, 0.1) is 5.92 Å². The molecule has 0 saturated carbocycles. The van der Waals surface area contributed by atoms with Gasteiger partial charge in [0, 0.05) is 31.7 Å². The highest BCUT2D eigenvalue weighted by atomic mass is 19.4. The molecule has 3 rings (SSSR count). The van der Waals surface area contributed by atoms with Gasteiger partial charge in [0.2, 0.25) is 0 Å². The van der Waals surface area contributed by atoms with Crippen molar-refractivity contribution >= 4 is 5.82 Å². The molecule has 1 aliphatic heterocycles. The molecule has 2 aromatic rings. The first-order chi connectivity index (χ1) is 11.5. The van der Waals surface area contributed by atoms with Crippen LogP contribution in [0.4, 0.5) is 19.0 Å². The van der Waals surface area contributed by atoms with Crippen molar-refractivity contribution in [3.8, 4) is 5.75 Å². The maximum atomic E-state index is 12.8.